The summed E-state index contributed by atoms with van der Waals surface area (Å²) in [6, 6.07) is 5.80. The molecule has 1 aliphatic rings. The van der Waals surface area contributed by atoms with Crippen LogP contribution >= 0.6 is 22.7 Å². The minimum Gasteiger partial charge on any atom is -0.459 e. The van der Waals surface area contributed by atoms with Crippen molar-refractivity contribution in [3.8, 4) is 0 Å². The van der Waals surface area contributed by atoms with Gasteiger partial charge < -0.3 is 14.6 Å². The van der Waals surface area contributed by atoms with Crippen LogP contribution in [0.1, 0.15) is 50.0 Å². The van der Waals surface area contributed by atoms with Crippen LogP contribution in [0.5, 0.6) is 0 Å². The molecule has 0 unspecified atom stereocenters. The molecule has 0 aromatic carbocycles. The fourth-order valence-corrected chi connectivity index (χ4v) is 6.28. The van der Waals surface area contributed by atoms with Gasteiger partial charge in [-0.15, -0.1) is 22.7 Å². The summed E-state index contributed by atoms with van der Waals surface area (Å²) < 4.78 is 5.32. The maximum Gasteiger partial charge on any atom is 0.291 e. The molecule has 3 aromatic rings. The SMILES string of the molecule is CCN1CCN([C@H](c2sccc2C)c2c(NC(=O)c3ccco3)sc(C)c2C)CC1. The van der Waals surface area contributed by atoms with E-state index >= 15 is 0 Å². The van der Waals surface area contributed by atoms with Crippen molar-refractivity contribution < 1.29 is 9.21 Å². The number of likely N-dealkylation sites (N-methyl/N-ethyl adjacent to an activating group) is 1. The van der Waals surface area contributed by atoms with Crippen molar-refractivity contribution in [1.29, 1.82) is 0 Å². The van der Waals surface area contributed by atoms with E-state index < -0.39 is 0 Å². The monoisotopic (exact) mass is 443 g/mol. The molecule has 0 spiro atoms. The predicted molar refractivity (Wildman–Crippen MR) is 125 cm³/mol. The van der Waals surface area contributed by atoms with Crippen LogP contribution in [0.15, 0.2) is 34.3 Å². The Balaban J connectivity index is 1.73. The largest absolute Gasteiger partial charge is 0.459 e. The number of aryl methyl sites for hydroxylation is 2. The zero-order chi connectivity index (χ0) is 21.3. The number of nitrogens with zero attached hydrogens (tertiary/aromatic N) is 2. The second kappa shape index (κ2) is 9.06. The van der Waals surface area contributed by atoms with Gasteiger partial charge in [0.05, 0.1) is 12.3 Å². The fourth-order valence-electron chi connectivity index (χ4n) is 4.12. The Labute approximate surface area is 186 Å². The van der Waals surface area contributed by atoms with Gasteiger partial charge in [-0.2, -0.15) is 0 Å². The summed E-state index contributed by atoms with van der Waals surface area (Å²) in [6.07, 6.45) is 1.53. The average molecular weight is 444 g/mol. The summed E-state index contributed by atoms with van der Waals surface area (Å²) in [4.78, 5) is 20.5. The van der Waals surface area contributed by atoms with Crippen LogP contribution in [0.3, 0.4) is 0 Å². The van der Waals surface area contributed by atoms with E-state index in [1.165, 1.54) is 32.7 Å². The Morgan fingerprint density at radius 2 is 1.97 bits per heavy atom. The summed E-state index contributed by atoms with van der Waals surface area (Å²) in [5.41, 5.74) is 3.81. The van der Waals surface area contributed by atoms with Gasteiger partial charge in [0, 0.05) is 41.5 Å². The number of hydrogen-bond acceptors (Lipinski definition) is 6. The second-order valence-electron chi connectivity index (χ2n) is 7.80. The first-order valence-corrected chi connectivity index (χ1v) is 12.1. The lowest BCUT2D eigenvalue weighted by atomic mass is 9.98. The van der Waals surface area contributed by atoms with E-state index in [1.807, 2.05) is 11.3 Å². The van der Waals surface area contributed by atoms with Gasteiger partial charge in [-0.25, -0.2) is 0 Å². The number of rotatable bonds is 6. The lowest BCUT2D eigenvalue weighted by Gasteiger charge is -2.39. The zero-order valence-corrected chi connectivity index (χ0v) is 19.7. The van der Waals surface area contributed by atoms with Crippen molar-refractivity contribution in [3.05, 3.63) is 62.0 Å². The summed E-state index contributed by atoms with van der Waals surface area (Å²) >= 11 is 3.48. The van der Waals surface area contributed by atoms with Gasteiger partial charge in [0.15, 0.2) is 5.76 Å². The highest BCUT2D eigenvalue weighted by molar-refractivity contribution is 7.16. The van der Waals surface area contributed by atoms with Crippen molar-refractivity contribution in [2.45, 2.75) is 33.7 Å². The molecule has 7 heteroatoms. The molecular weight excluding hydrogens is 414 g/mol. The van der Waals surface area contributed by atoms with Gasteiger partial charge in [-0.3, -0.25) is 9.69 Å². The van der Waals surface area contributed by atoms with Crippen molar-refractivity contribution >= 4 is 33.6 Å². The normalized spacial score (nSPS) is 16.7. The van der Waals surface area contributed by atoms with E-state index in [9.17, 15) is 4.79 Å². The van der Waals surface area contributed by atoms with E-state index in [4.69, 9.17) is 4.42 Å². The summed E-state index contributed by atoms with van der Waals surface area (Å²) in [7, 11) is 0. The van der Waals surface area contributed by atoms with Crippen LogP contribution in [-0.2, 0) is 0 Å². The first-order valence-electron chi connectivity index (χ1n) is 10.4. The molecule has 160 valence electrons. The number of nitrogens with one attached hydrogen (secondary N) is 1. The molecular formula is C23H29N3O2S2. The van der Waals surface area contributed by atoms with Gasteiger partial charge in [0.25, 0.3) is 5.91 Å². The minimum absolute atomic E-state index is 0.154. The molecule has 1 atom stereocenters. The van der Waals surface area contributed by atoms with Gasteiger partial charge in [0.2, 0.25) is 0 Å². The standard InChI is InChI=1S/C23H29N3O2S2/c1-5-25-9-11-26(12-10-25)20(21-15(2)8-14-29-21)19-16(3)17(4)30-23(19)24-22(27)18-7-6-13-28-18/h6-8,13-14,20H,5,9-12H2,1-4H3,(H,24,27)/t20-/m0/s1. The number of amides is 1. The molecule has 0 aliphatic carbocycles. The van der Waals surface area contributed by atoms with Crippen LogP contribution in [0.25, 0.3) is 0 Å². The number of thiophene rings is 2. The van der Waals surface area contributed by atoms with Crippen LogP contribution in [0.4, 0.5) is 5.00 Å². The molecule has 0 saturated carbocycles. The average Bonchev–Trinajstić information content (AvgIpc) is 3.48. The van der Waals surface area contributed by atoms with Crippen LogP contribution in [0, 0.1) is 20.8 Å². The lowest BCUT2D eigenvalue weighted by molar-refractivity contribution is 0.0996. The van der Waals surface area contributed by atoms with Gasteiger partial charge >= 0.3 is 0 Å². The number of hydrogen-bond donors (Lipinski definition) is 1. The molecule has 3 aromatic heterocycles. The Morgan fingerprint density at radius 3 is 2.57 bits per heavy atom. The molecule has 1 N–H and O–H groups in total. The minimum atomic E-state index is -0.194. The Hall–Kier alpha value is -1.93. The molecule has 0 bridgehead atoms. The smallest absolute Gasteiger partial charge is 0.291 e. The number of carbonyl (C=O) groups is 1. The van der Waals surface area contributed by atoms with Crippen molar-refractivity contribution in [2.24, 2.45) is 0 Å². The first-order chi connectivity index (χ1) is 14.5. The molecule has 1 saturated heterocycles. The van der Waals surface area contributed by atoms with E-state index in [0.29, 0.717) is 5.76 Å². The van der Waals surface area contributed by atoms with E-state index in [1.54, 1.807) is 23.5 Å². The zero-order valence-electron chi connectivity index (χ0n) is 18.0. The lowest BCUT2D eigenvalue weighted by Crippen LogP contribution is -2.47. The molecule has 0 radical (unpaired) electrons. The molecule has 1 fully saturated rings. The highest BCUT2D eigenvalue weighted by atomic mass is 32.1. The molecule has 1 amide bonds. The number of furan rings is 1. The molecule has 1 aliphatic heterocycles. The van der Waals surface area contributed by atoms with Gasteiger partial charge in [-0.05, 0) is 62.0 Å². The van der Waals surface area contributed by atoms with Gasteiger partial charge in [0.1, 0.15) is 5.00 Å². The number of anilines is 1. The quantitative estimate of drug-likeness (QED) is 0.561. The molecule has 4 rings (SSSR count). The van der Waals surface area contributed by atoms with Crippen molar-refractivity contribution in [3.63, 3.8) is 0 Å². The Kier molecular flexibility index (Phi) is 6.43. The van der Waals surface area contributed by atoms with E-state index in [0.717, 1.165) is 37.7 Å². The van der Waals surface area contributed by atoms with E-state index in [2.05, 4.69) is 54.3 Å². The molecule has 5 nitrogen and oxygen atoms in total. The highest BCUT2D eigenvalue weighted by Crippen LogP contribution is 2.44. The summed E-state index contributed by atoms with van der Waals surface area (Å²) in [5, 5.41) is 6.26. The number of piperazine rings is 1. The number of carbonyl (C=O) groups excluding carboxylic acids is 1. The second-order valence-corrected chi connectivity index (χ2v) is 9.97. The topological polar surface area (TPSA) is 48.7 Å². The van der Waals surface area contributed by atoms with Gasteiger partial charge in [-0.1, -0.05) is 6.92 Å². The fraction of sp³-hybridized carbons (Fsp3) is 0.435. The maximum atomic E-state index is 12.8. The predicted octanol–water partition coefficient (Wildman–Crippen LogP) is 5.31. The maximum absolute atomic E-state index is 12.8. The highest BCUT2D eigenvalue weighted by Gasteiger charge is 2.33. The van der Waals surface area contributed by atoms with Crippen LogP contribution in [0.2, 0.25) is 0 Å². The van der Waals surface area contributed by atoms with Crippen molar-refractivity contribution in [2.75, 3.05) is 38.0 Å². The Morgan fingerprint density at radius 1 is 1.20 bits per heavy atom. The third kappa shape index (κ3) is 4.12. The summed E-state index contributed by atoms with van der Waals surface area (Å²) in [5.74, 6) is 0.144. The molecule has 30 heavy (non-hydrogen) atoms. The van der Waals surface area contributed by atoms with E-state index in [-0.39, 0.29) is 11.9 Å². The first kappa shape index (κ1) is 21.3. The Bertz CT molecular complexity index is 998. The third-order valence-corrected chi connectivity index (χ3v) is 8.26. The summed E-state index contributed by atoms with van der Waals surface area (Å²) in [6.45, 7) is 14.0. The van der Waals surface area contributed by atoms with Crippen molar-refractivity contribution in [1.82, 2.24) is 9.80 Å². The third-order valence-electron chi connectivity index (χ3n) is 6.05. The van der Waals surface area contributed by atoms with Crippen LogP contribution < -0.4 is 5.32 Å². The van der Waals surface area contributed by atoms with Crippen LogP contribution in [-0.4, -0.2) is 48.4 Å². The molecule has 4 heterocycles.